The van der Waals surface area contributed by atoms with Crippen LogP contribution in [0.2, 0.25) is 0 Å². The van der Waals surface area contributed by atoms with Crippen LogP contribution in [0.25, 0.3) is 11.3 Å². The number of carbonyl (C=O) groups excluding carboxylic acids is 1. The van der Waals surface area contributed by atoms with Gasteiger partial charge < -0.3 is 5.32 Å². The van der Waals surface area contributed by atoms with Crippen molar-refractivity contribution in [2.45, 2.75) is 6.54 Å². The van der Waals surface area contributed by atoms with Gasteiger partial charge in [0.2, 0.25) is 0 Å². The van der Waals surface area contributed by atoms with E-state index in [1.165, 1.54) is 10.7 Å². The first-order chi connectivity index (χ1) is 11.6. The van der Waals surface area contributed by atoms with Crippen molar-refractivity contribution in [3.8, 4) is 11.3 Å². The Morgan fingerprint density at radius 2 is 1.88 bits per heavy atom. The molecule has 0 aliphatic rings. The average Bonchev–Trinajstić information content (AvgIpc) is 2.63. The second kappa shape index (κ2) is 6.87. The van der Waals surface area contributed by atoms with Crippen molar-refractivity contribution in [1.29, 1.82) is 0 Å². The molecule has 0 bridgehead atoms. The lowest BCUT2D eigenvalue weighted by atomic mass is 10.1. The van der Waals surface area contributed by atoms with Gasteiger partial charge in [0.05, 0.1) is 17.9 Å². The zero-order valence-electron chi connectivity index (χ0n) is 13.1. The minimum absolute atomic E-state index is 0.163. The van der Waals surface area contributed by atoms with Gasteiger partial charge in [0.25, 0.3) is 11.5 Å². The van der Waals surface area contributed by atoms with E-state index in [4.69, 9.17) is 0 Å². The van der Waals surface area contributed by atoms with Crippen molar-refractivity contribution < 1.29 is 4.79 Å². The molecule has 6 heteroatoms. The fourth-order valence-electron chi connectivity index (χ4n) is 2.22. The first-order valence-corrected chi connectivity index (χ1v) is 7.46. The van der Waals surface area contributed by atoms with E-state index in [2.05, 4.69) is 15.4 Å². The van der Waals surface area contributed by atoms with Gasteiger partial charge in [-0.3, -0.25) is 14.6 Å². The van der Waals surface area contributed by atoms with Crippen molar-refractivity contribution in [2.75, 3.05) is 0 Å². The van der Waals surface area contributed by atoms with Crippen molar-refractivity contribution in [3.05, 3.63) is 82.4 Å². The molecular formula is C18H16N4O2. The van der Waals surface area contributed by atoms with E-state index in [0.29, 0.717) is 17.8 Å². The molecule has 1 amide bonds. The Hall–Kier alpha value is -3.28. The topological polar surface area (TPSA) is 76.9 Å². The van der Waals surface area contributed by atoms with Gasteiger partial charge in [-0.05, 0) is 30.3 Å². The summed E-state index contributed by atoms with van der Waals surface area (Å²) in [7, 11) is 1.60. The fraction of sp³-hybridized carbons (Fsp3) is 0.111. The summed E-state index contributed by atoms with van der Waals surface area (Å²) in [6, 6.07) is 15.8. The molecule has 120 valence electrons. The molecule has 0 saturated heterocycles. The van der Waals surface area contributed by atoms with Crippen molar-refractivity contribution in [1.82, 2.24) is 20.1 Å². The van der Waals surface area contributed by atoms with Gasteiger partial charge in [0, 0.05) is 30.4 Å². The number of aromatic nitrogens is 3. The molecular weight excluding hydrogens is 304 g/mol. The molecule has 6 nitrogen and oxygen atoms in total. The lowest BCUT2D eigenvalue weighted by molar-refractivity contribution is 0.0950. The molecule has 0 radical (unpaired) electrons. The summed E-state index contributed by atoms with van der Waals surface area (Å²) in [6.07, 6.45) is 1.69. The smallest absolute Gasteiger partial charge is 0.266 e. The van der Waals surface area contributed by atoms with E-state index in [-0.39, 0.29) is 11.5 Å². The summed E-state index contributed by atoms with van der Waals surface area (Å²) in [4.78, 5) is 27.7. The molecule has 2 aromatic heterocycles. The first kappa shape index (κ1) is 15.6. The molecule has 3 aromatic rings. The van der Waals surface area contributed by atoms with Crippen LogP contribution in [0.15, 0.2) is 65.6 Å². The van der Waals surface area contributed by atoms with Crippen LogP contribution in [0.1, 0.15) is 16.1 Å². The summed E-state index contributed by atoms with van der Waals surface area (Å²) < 4.78 is 1.28. The second-order valence-electron chi connectivity index (χ2n) is 5.26. The van der Waals surface area contributed by atoms with E-state index in [1.807, 2.05) is 30.3 Å². The van der Waals surface area contributed by atoms with E-state index >= 15 is 0 Å². The van der Waals surface area contributed by atoms with E-state index < -0.39 is 0 Å². The number of amides is 1. The third-order valence-electron chi connectivity index (χ3n) is 3.56. The molecule has 0 saturated carbocycles. The Morgan fingerprint density at radius 3 is 2.54 bits per heavy atom. The van der Waals surface area contributed by atoms with Crippen molar-refractivity contribution >= 4 is 5.91 Å². The van der Waals surface area contributed by atoms with E-state index in [9.17, 15) is 9.59 Å². The molecule has 0 unspecified atom stereocenters. The second-order valence-corrected chi connectivity index (χ2v) is 5.26. The maximum Gasteiger partial charge on any atom is 0.266 e. The van der Waals surface area contributed by atoms with Crippen LogP contribution in [0.5, 0.6) is 0 Å². The van der Waals surface area contributed by atoms with Crippen molar-refractivity contribution in [3.63, 3.8) is 0 Å². The Bertz CT molecular complexity index is 902. The number of nitrogens with zero attached hydrogens (tertiary/aromatic N) is 3. The lowest BCUT2D eigenvalue weighted by Gasteiger charge is -2.06. The molecule has 2 heterocycles. The van der Waals surface area contributed by atoms with E-state index in [0.717, 1.165) is 11.3 Å². The predicted octanol–water partition coefficient (Wildman–Crippen LogP) is 1.77. The zero-order chi connectivity index (χ0) is 16.9. The maximum absolute atomic E-state index is 12.2. The Kier molecular flexibility index (Phi) is 4.47. The van der Waals surface area contributed by atoms with Gasteiger partial charge in [0.1, 0.15) is 0 Å². The highest BCUT2D eigenvalue weighted by atomic mass is 16.1. The van der Waals surface area contributed by atoms with Gasteiger partial charge >= 0.3 is 0 Å². The van der Waals surface area contributed by atoms with Gasteiger partial charge in [-0.15, -0.1) is 0 Å². The fourth-order valence-corrected chi connectivity index (χ4v) is 2.22. The van der Waals surface area contributed by atoms with Crippen LogP contribution in [0.3, 0.4) is 0 Å². The highest BCUT2D eigenvalue weighted by Crippen LogP contribution is 2.16. The number of benzene rings is 1. The molecule has 0 spiro atoms. The highest BCUT2D eigenvalue weighted by molar-refractivity contribution is 5.94. The zero-order valence-corrected chi connectivity index (χ0v) is 13.1. The standard InChI is InChI=1S/C18H16N4O2/c1-22-17(23)10-9-16(21-22)13-5-7-14(8-6-13)18(24)20-12-15-4-2-3-11-19-15/h2-11H,12H2,1H3,(H,20,24). The molecule has 24 heavy (non-hydrogen) atoms. The number of hydrogen-bond donors (Lipinski definition) is 1. The lowest BCUT2D eigenvalue weighted by Crippen LogP contribution is -2.23. The van der Waals surface area contributed by atoms with Crippen LogP contribution in [0.4, 0.5) is 0 Å². The van der Waals surface area contributed by atoms with Crippen LogP contribution >= 0.6 is 0 Å². The highest BCUT2D eigenvalue weighted by Gasteiger charge is 2.07. The molecule has 1 N–H and O–H groups in total. The van der Waals surface area contributed by atoms with Gasteiger partial charge in [-0.1, -0.05) is 18.2 Å². The number of hydrogen-bond acceptors (Lipinski definition) is 4. The maximum atomic E-state index is 12.2. The number of pyridine rings is 1. The van der Waals surface area contributed by atoms with Crippen LogP contribution in [-0.4, -0.2) is 20.7 Å². The summed E-state index contributed by atoms with van der Waals surface area (Å²) in [5.41, 5.74) is 2.71. The van der Waals surface area contributed by atoms with Gasteiger partial charge in [-0.25, -0.2) is 4.68 Å². The Labute approximate surface area is 138 Å². The third-order valence-corrected chi connectivity index (χ3v) is 3.56. The monoisotopic (exact) mass is 320 g/mol. The summed E-state index contributed by atoms with van der Waals surface area (Å²) in [6.45, 7) is 0.379. The minimum Gasteiger partial charge on any atom is -0.346 e. The predicted molar refractivity (Wildman–Crippen MR) is 90.3 cm³/mol. The first-order valence-electron chi connectivity index (χ1n) is 7.46. The summed E-state index contributed by atoms with van der Waals surface area (Å²) in [5.74, 6) is -0.166. The Morgan fingerprint density at radius 1 is 1.08 bits per heavy atom. The number of rotatable bonds is 4. The van der Waals surface area contributed by atoms with Crippen molar-refractivity contribution in [2.24, 2.45) is 7.05 Å². The van der Waals surface area contributed by atoms with Crippen LogP contribution < -0.4 is 10.9 Å². The summed E-state index contributed by atoms with van der Waals surface area (Å²) >= 11 is 0. The molecule has 0 fully saturated rings. The summed E-state index contributed by atoms with van der Waals surface area (Å²) in [5, 5.41) is 7.02. The Balaban J connectivity index is 1.70. The molecule has 0 atom stereocenters. The quantitative estimate of drug-likeness (QED) is 0.795. The van der Waals surface area contributed by atoms with Gasteiger partial charge in [0.15, 0.2) is 0 Å². The normalized spacial score (nSPS) is 10.4. The molecule has 0 aliphatic heterocycles. The van der Waals surface area contributed by atoms with Gasteiger partial charge in [-0.2, -0.15) is 5.10 Å². The molecule has 0 aliphatic carbocycles. The van der Waals surface area contributed by atoms with Crippen LogP contribution in [0, 0.1) is 0 Å². The molecule has 3 rings (SSSR count). The largest absolute Gasteiger partial charge is 0.346 e. The SMILES string of the molecule is Cn1nc(-c2ccc(C(=O)NCc3ccccn3)cc2)ccc1=O. The molecule has 1 aromatic carbocycles. The van der Waals surface area contributed by atoms with E-state index in [1.54, 1.807) is 31.4 Å². The third kappa shape index (κ3) is 3.55. The number of carbonyl (C=O) groups is 1. The minimum atomic E-state index is -0.166. The number of aryl methyl sites for hydroxylation is 1. The average molecular weight is 320 g/mol. The van der Waals surface area contributed by atoms with Crippen LogP contribution in [-0.2, 0) is 13.6 Å². The number of nitrogens with one attached hydrogen (secondary N) is 1.